The molecule has 0 atom stereocenters. The van der Waals surface area contributed by atoms with E-state index in [1.807, 2.05) is 0 Å². The molecule has 2 heterocycles. The molecule has 0 aliphatic rings. The van der Waals surface area contributed by atoms with Crippen LogP contribution in [0.1, 0.15) is 10.4 Å². The molecule has 1 N–H and O–H groups in total. The van der Waals surface area contributed by atoms with Crippen molar-refractivity contribution < 1.29 is 17.9 Å². The number of rotatable bonds is 7. The highest BCUT2D eigenvalue weighted by Gasteiger charge is 2.24. The molecular formula is C23H20ClN5O4S. The van der Waals surface area contributed by atoms with Crippen molar-refractivity contribution in [2.24, 2.45) is 0 Å². The number of anilines is 2. The summed E-state index contributed by atoms with van der Waals surface area (Å²) >= 11 is 6.26. The van der Waals surface area contributed by atoms with Gasteiger partial charge in [-0.25, -0.2) is 18.1 Å². The second-order valence-electron chi connectivity index (χ2n) is 7.09. The van der Waals surface area contributed by atoms with Crippen LogP contribution in [0.4, 0.5) is 11.4 Å². The monoisotopic (exact) mass is 497 g/mol. The third-order valence-corrected chi connectivity index (χ3v) is 7.14. The molecule has 34 heavy (non-hydrogen) atoms. The van der Waals surface area contributed by atoms with E-state index in [4.69, 9.17) is 16.3 Å². The van der Waals surface area contributed by atoms with Crippen LogP contribution in [0, 0.1) is 0 Å². The van der Waals surface area contributed by atoms with Gasteiger partial charge in [0.1, 0.15) is 5.75 Å². The molecule has 2 aromatic heterocycles. The number of nitrogens with one attached hydrogen (secondary N) is 1. The first-order valence-electron chi connectivity index (χ1n) is 10.00. The van der Waals surface area contributed by atoms with E-state index in [1.165, 1.54) is 37.0 Å². The number of carbonyl (C=O) groups excluding carboxylic acids is 1. The summed E-state index contributed by atoms with van der Waals surface area (Å²) in [5.74, 6) is 0.417. The van der Waals surface area contributed by atoms with E-state index < -0.39 is 15.9 Å². The second-order valence-corrected chi connectivity index (χ2v) is 9.47. The number of pyridine rings is 1. The zero-order valence-electron chi connectivity index (χ0n) is 18.2. The number of sulfonamides is 1. The van der Waals surface area contributed by atoms with Crippen LogP contribution in [0.3, 0.4) is 0 Å². The third-order valence-electron chi connectivity index (χ3n) is 5.03. The van der Waals surface area contributed by atoms with Crippen molar-refractivity contribution in [1.82, 2.24) is 14.8 Å². The summed E-state index contributed by atoms with van der Waals surface area (Å²) in [5.41, 5.74) is 0.818. The molecule has 0 aliphatic carbocycles. The predicted octanol–water partition coefficient (Wildman–Crippen LogP) is 4.01. The summed E-state index contributed by atoms with van der Waals surface area (Å²) in [6.07, 6.45) is 4.85. The molecule has 0 saturated heterocycles. The standard InChI is InChI=1S/C23H20ClN5O4S/c1-28(16-6-8-17(33-2)9-7-16)34(31,32)18-10-11-20(24)19(15-18)23(30)27-21-5-3-12-25-22(21)29-14-4-13-26-29/h3-15H,1-2H3,(H,27,30). The van der Waals surface area contributed by atoms with Crippen LogP contribution < -0.4 is 14.4 Å². The smallest absolute Gasteiger partial charge is 0.264 e. The van der Waals surface area contributed by atoms with Gasteiger partial charge in [-0.05, 0) is 60.7 Å². The Kier molecular flexibility index (Phi) is 6.53. The molecular weight excluding hydrogens is 478 g/mol. The number of amides is 1. The molecule has 4 rings (SSSR count). The molecule has 0 bridgehead atoms. The van der Waals surface area contributed by atoms with Crippen LogP contribution in [0.15, 0.2) is 84.1 Å². The van der Waals surface area contributed by atoms with Crippen LogP contribution in [0.25, 0.3) is 5.82 Å². The fraction of sp³-hybridized carbons (Fsp3) is 0.0870. The minimum absolute atomic E-state index is 0.00106. The van der Waals surface area contributed by atoms with Gasteiger partial charge in [0.05, 0.1) is 34.0 Å². The first kappa shape index (κ1) is 23.3. The van der Waals surface area contributed by atoms with Crippen molar-refractivity contribution in [3.05, 3.63) is 89.8 Å². The lowest BCUT2D eigenvalue weighted by Gasteiger charge is -2.20. The number of nitrogens with zero attached hydrogens (tertiary/aromatic N) is 4. The number of ether oxygens (including phenoxy) is 1. The Hall–Kier alpha value is -3.89. The van der Waals surface area contributed by atoms with E-state index in [0.29, 0.717) is 22.9 Å². The minimum atomic E-state index is -3.97. The minimum Gasteiger partial charge on any atom is -0.497 e. The topological polar surface area (TPSA) is 106 Å². The van der Waals surface area contributed by atoms with Crippen LogP contribution >= 0.6 is 11.6 Å². The summed E-state index contributed by atoms with van der Waals surface area (Å²) in [7, 11) is -1.02. The highest BCUT2D eigenvalue weighted by atomic mass is 35.5. The van der Waals surface area contributed by atoms with Gasteiger partial charge < -0.3 is 10.1 Å². The number of halogens is 1. The van der Waals surface area contributed by atoms with Crippen molar-refractivity contribution in [3.8, 4) is 11.6 Å². The Balaban J connectivity index is 1.64. The van der Waals surface area contributed by atoms with Crippen molar-refractivity contribution in [2.75, 3.05) is 23.8 Å². The van der Waals surface area contributed by atoms with E-state index in [2.05, 4.69) is 15.4 Å². The third kappa shape index (κ3) is 4.59. The van der Waals surface area contributed by atoms with Gasteiger partial charge >= 0.3 is 0 Å². The number of benzene rings is 2. The lowest BCUT2D eigenvalue weighted by atomic mass is 10.2. The van der Waals surface area contributed by atoms with Gasteiger partial charge in [0, 0.05) is 25.6 Å². The molecule has 9 nitrogen and oxygen atoms in total. The van der Waals surface area contributed by atoms with E-state index in [-0.39, 0.29) is 15.5 Å². The number of methoxy groups -OCH3 is 1. The Morgan fingerprint density at radius 3 is 2.53 bits per heavy atom. The fourth-order valence-corrected chi connectivity index (χ4v) is 4.61. The molecule has 0 aliphatic heterocycles. The normalized spacial score (nSPS) is 11.1. The molecule has 2 aromatic carbocycles. The Labute approximate surface area is 201 Å². The molecule has 174 valence electrons. The Morgan fingerprint density at radius 1 is 1.09 bits per heavy atom. The lowest BCUT2D eigenvalue weighted by molar-refractivity contribution is 0.102. The molecule has 0 spiro atoms. The van der Waals surface area contributed by atoms with Crippen LogP contribution in [-0.4, -0.2) is 43.2 Å². The number of carbonyl (C=O) groups is 1. The molecule has 4 aromatic rings. The van der Waals surface area contributed by atoms with E-state index >= 15 is 0 Å². The van der Waals surface area contributed by atoms with Crippen LogP contribution in [0.2, 0.25) is 5.02 Å². The van der Waals surface area contributed by atoms with Crippen molar-refractivity contribution >= 4 is 38.9 Å². The largest absolute Gasteiger partial charge is 0.497 e. The zero-order chi connectivity index (χ0) is 24.3. The molecule has 0 radical (unpaired) electrons. The first-order valence-corrected chi connectivity index (χ1v) is 11.8. The summed E-state index contributed by atoms with van der Waals surface area (Å²) in [5, 5.41) is 6.98. The summed E-state index contributed by atoms with van der Waals surface area (Å²) < 4.78 is 34.2. The zero-order valence-corrected chi connectivity index (χ0v) is 19.8. The highest BCUT2D eigenvalue weighted by Crippen LogP contribution is 2.28. The summed E-state index contributed by atoms with van der Waals surface area (Å²) in [4.78, 5) is 17.2. The second kappa shape index (κ2) is 9.54. The van der Waals surface area contributed by atoms with Gasteiger partial charge in [-0.2, -0.15) is 5.10 Å². The fourth-order valence-electron chi connectivity index (χ4n) is 3.19. The van der Waals surface area contributed by atoms with E-state index in [0.717, 1.165) is 4.31 Å². The van der Waals surface area contributed by atoms with Gasteiger partial charge in [0.15, 0.2) is 5.82 Å². The Morgan fingerprint density at radius 2 is 1.85 bits per heavy atom. The maximum absolute atomic E-state index is 13.2. The van der Waals surface area contributed by atoms with Gasteiger partial charge in [0.25, 0.3) is 15.9 Å². The van der Waals surface area contributed by atoms with Gasteiger partial charge in [-0.1, -0.05) is 11.6 Å². The van der Waals surface area contributed by atoms with Crippen molar-refractivity contribution in [3.63, 3.8) is 0 Å². The summed E-state index contributed by atoms with van der Waals surface area (Å²) in [6, 6.07) is 15.6. The maximum Gasteiger partial charge on any atom is 0.264 e. The van der Waals surface area contributed by atoms with Gasteiger partial charge in [-0.15, -0.1) is 0 Å². The molecule has 0 fully saturated rings. The van der Waals surface area contributed by atoms with Crippen LogP contribution in [0.5, 0.6) is 5.75 Å². The van der Waals surface area contributed by atoms with Crippen LogP contribution in [-0.2, 0) is 10.0 Å². The van der Waals surface area contributed by atoms with Gasteiger partial charge in [0.2, 0.25) is 0 Å². The molecule has 11 heteroatoms. The average Bonchev–Trinajstić information content (AvgIpc) is 3.39. The molecule has 0 unspecified atom stereocenters. The van der Waals surface area contributed by atoms with Crippen molar-refractivity contribution in [1.29, 1.82) is 0 Å². The number of hydrogen-bond donors (Lipinski definition) is 1. The number of aromatic nitrogens is 3. The van der Waals surface area contributed by atoms with Crippen molar-refractivity contribution in [2.45, 2.75) is 4.90 Å². The number of hydrogen-bond acceptors (Lipinski definition) is 6. The highest BCUT2D eigenvalue weighted by molar-refractivity contribution is 7.92. The maximum atomic E-state index is 13.2. The van der Waals surface area contributed by atoms with E-state index in [1.54, 1.807) is 61.1 Å². The van der Waals surface area contributed by atoms with Gasteiger partial charge in [-0.3, -0.25) is 9.10 Å². The summed E-state index contributed by atoms with van der Waals surface area (Å²) in [6.45, 7) is 0. The first-order chi connectivity index (χ1) is 16.3. The molecule has 0 saturated carbocycles. The average molecular weight is 498 g/mol. The van der Waals surface area contributed by atoms with E-state index in [9.17, 15) is 13.2 Å². The SMILES string of the molecule is COc1ccc(N(C)S(=O)(=O)c2ccc(Cl)c(C(=O)Nc3cccnc3-n3cccn3)c2)cc1. The Bertz CT molecular complexity index is 1420. The molecule has 1 amide bonds. The quantitative estimate of drug-likeness (QED) is 0.413. The lowest BCUT2D eigenvalue weighted by Crippen LogP contribution is -2.27. The predicted molar refractivity (Wildman–Crippen MR) is 129 cm³/mol.